The normalized spacial score (nSPS) is 11.0. The molecule has 2 rings (SSSR count). The summed E-state index contributed by atoms with van der Waals surface area (Å²) in [7, 11) is 0. The maximum atomic E-state index is 11.8. The summed E-state index contributed by atoms with van der Waals surface area (Å²) in [5.74, 6) is 0.898. The van der Waals surface area contributed by atoms with Gasteiger partial charge in [0.15, 0.2) is 6.61 Å². The van der Waals surface area contributed by atoms with Crippen LogP contribution in [0.1, 0.15) is 49.8 Å². The van der Waals surface area contributed by atoms with Gasteiger partial charge in [-0.2, -0.15) is 5.10 Å². The first kappa shape index (κ1) is 18.7. The summed E-state index contributed by atoms with van der Waals surface area (Å²) in [6.45, 7) is 6.39. The van der Waals surface area contributed by atoms with Crippen LogP contribution in [0.4, 0.5) is 0 Å². The Bertz CT molecular complexity index is 689. The minimum Gasteiger partial charge on any atom is -0.484 e. The van der Waals surface area contributed by atoms with Crippen LogP contribution in [0, 0.1) is 0 Å². The van der Waals surface area contributed by atoms with Gasteiger partial charge in [-0.3, -0.25) is 4.79 Å². The topological polar surface area (TPSA) is 50.7 Å². The van der Waals surface area contributed by atoms with E-state index in [0.717, 1.165) is 18.4 Å². The van der Waals surface area contributed by atoms with E-state index in [-0.39, 0.29) is 12.5 Å². The molecular formula is C21H26N2O2. The fraction of sp³-hybridized carbons (Fsp3) is 0.333. The number of carbonyl (C=O) groups excluding carboxylic acids is 1. The Hall–Kier alpha value is -2.62. The maximum Gasteiger partial charge on any atom is 0.277 e. The third-order valence-electron chi connectivity index (χ3n) is 3.84. The van der Waals surface area contributed by atoms with E-state index in [0.29, 0.717) is 11.7 Å². The zero-order valence-corrected chi connectivity index (χ0v) is 15.2. The second-order valence-electron chi connectivity index (χ2n) is 6.30. The van der Waals surface area contributed by atoms with E-state index in [1.165, 1.54) is 11.1 Å². The molecule has 25 heavy (non-hydrogen) atoms. The van der Waals surface area contributed by atoms with Crippen LogP contribution in [-0.4, -0.2) is 18.7 Å². The summed E-state index contributed by atoms with van der Waals surface area (Å²) < 4.78 is 5.46. The lowest BCUT2D eigenvalue weighted by Crippen LogP contribution is -2.24. The molecule has 0 aliphatic heterocycles. The molecule has 0 saturated carbocycles. The van der Waals surface area contributed by atoms with Crippen molar-refractivity contribution in [3.05, 3.63) is 65.2 Å². The fourth-order valence-electron chi connectivity index (χ4n) is 2.37. The quantitative estimate of drug-likeness (QED) is 0.576. The number of hydrogen-bond acceptors (Lipinski definition) is 3. The molecule has 0 atom stereocenters. The molecule has 1 amide bonds. The van der Waals surface area contributed by atoms with Crippen molar-refractivity contribution >= 4 is 12.1 Å². The van der Waals surface area contributed by atoms with E-state index in [9.17, 15) is 4.79 Å². The summed E-state index contributed by atoms with van der Waals surface area (Å²) in [6.07, 6.45) is 3.79. The van der Waals surface area contributed by atoms with E-state index in [1.807, 2.05) is 36.4 Å². The van der Waals surface area contributed by atoms with Crippen LogP contribution in [0.3, 0.4) is 0 Å². The number of amides is 1. The Morgan fingerprint density at radius 1 is 1.12 bits per heavy atom. The van der Waals surface area contributed by atoms with E-state index < -0.39 is 0 Å². The highest BCUT2D eigenvalue weighted by Crippen LogP contribution is 2.14. The number of benzene rings is 2. The number of ether oxygens (including phenoxy) is 1. The van der Waals surface area contributed by atoms with E-state index in [4.69, 9.17) is 4.74 Å². The second kappa shape index (κ2) is 9.62. The van der Waals surface area contributed by atoms with Gasteiger partial charge in [0.05, 0.1) is 6.21 Å². The molecule has 0 aliphatic rings. The van der Waals surface area contributed by atoms with Crippen molar-refractivity contribution in [2.45, 2.75) is 39.5 Å². The number of hydrazone groups is 1. The number of nitrogens with one attached hydrogen (secondary N) is 1. The Morgan fingerprint density at radius 2 is 1.80 bits per heavy atom. The van der Waals surface area contributed by atoms with Gasteiger partial charge < -0.3 is 4.74 Å². The number of carbonyl (C=O) groups is 1. The molecule has 2 aromatic rings. The summed E-state index contributed by atoms with van der Waals surface area (Å²) in [4.78, 5) is 11.8. The SMILES string of the molecule is CCCc1ccc(OCC(=O)NN=Cc2ccc(C(C)C)cc2)cc1. The van der Waals surface area contributed by atoms with Crippen LogP contribution >= 0.6 is 0 Å². The summed E-state index contributed by atoms with van der Waals surface area (Å²) >= 11 is 0. The van der Waals surface area contributed by atoms with Gasteiger partial charge in [-0.05, 0) is 41.2 Å². The van der Waals surface area contributed by atoms with Crippen molar-refractivity contribution in [2.75, 3.05) is 6.61 Å². The third kappa shape index (κ3) is 6.42. The van der Waals surface area contributed by atoms with Gasteiger partial charge in [-0.25, -0.2) is 5.43 Å². The summed E-state index contributed by atoms with van der Waals surface area (Å²) in [6, 6.07) is 15.9. The monoisotopic (exact) mass is 338 g/mol. The first-order valence-electron chi connectivity index (χ1n) is 8.72. The molecule has 0 spiro atoms. The summed E-state index contributed by atoms with van der Waals surface area (Å²) in [5, 5.41) is 3.96. The van der Waals surface area contributed by atoms with Gasteiger partial charge in [0.1, 0.15) is 5.75 Å². The number of nitrogens with zero attached hydrogens (tertiary/aromatic N) is 1. The third-order valence-corrected chi connectivity index (χ3v) is 3.84. The molecule has 4 heteroatoms. The van der Waals surface area contributed by atoms with Crippen molar-refractivity contribution in [2.24, 2.45) is 5.10 Å². The van der Waals surface area contributed by atoms with Crippen LogP contribution < -0.4 is 10.2 Å². The minimum absolute atomic E-state index is 0.0588. The average Bonchev–Trinajstić information content (AvgIpc) is 2.62. The van der Waals surface area contributed by atoms with Gasteiger partial charge in [0, 0.05) is 0 Å². The largest absolute Gasteiger partial charge is 0.484 e. The van der Waals surface area contributed by atoms with Crippen molar-refractivity contribution in [1.82, 2.24) is 5.43 Å². The highest BCUT2D eigenvalue weighted by atomic mass is 16.5. The maximum absolute atomic E-state index is 11.8. The minimum atomic E-state index is -0.285. The second-order valence-corrected chi connectivity index (χ2v) is 6.30. The van der Waals surface area contributed by atoms with Crippen LogP contribution in [0.15, 0.2) is 53.6 Å². The fourth-order valence-corrected chi connectivity index (χ4v) is 2.37. The van der Waals surface area contributed by atoms with Crippen molar-refractivity contribution in [3.8, 4) is 5.75 Å². The average molecular weight is 338 g/mol. The predicted octanol–water partition coefficient (Wildman–Crippen LogP) is 4.29. The molecular weight excluding hydrogens is 312 g/mol. The molecule has 0 saturated heterocycles. The Morgan fingerprint density at radius 3 is 2.40 bits per heavy atom. The molecule has 0 heterocycles. The number of hydrogen-bond donors (Lipinski definition) is 1. The van der Waals surface area contributed by atoms with Crippen LogP contribution in [0.5, 0.6) is 5.75 Å². The first-order valence-corrected chi connectivity index (χ1v) is 8.72. The standard InChI is InChI=1S/C21H26N2O2/c1-4-5-17-8-12-20(13-9-17)25-15-21(24)23-22-14-18-6-10-19(11-7-18)16(2)3/h6-14,16H,4-5,15H2,1-3H3,(H,23,24). The van der Waals surface area contributed by atoms with Crippen LogP contribution in [0.2, 0.25) is 0 Å². The van der Waals surface area contributed by atoms with E-state index in [1.54, 1.807) is 6.21 Å². The van der Waals surface area contributed by atoms with Crippen LogP contribution in [0.25, 0.3) is 0 Å². The van der Waals surface area contributed by atoms with Crippen molar-refractivity contribution in [3.63, 3.8) is 0 Å². The molecule has 0 fully saturated rings. The van der Waals surface area contributed by atoms with Gasteiger partial charge in [-0.1, -0.05) is 63.6 Å². The molecule has 0 radical (unpaired) electrons. The molecule has 0 unspecified atom stereocenters. The zero-order valence-electron chi connectivity index (χ0n) is 15.2. The van der Waals surface area contributed by atoms with Gasteiger partial charge in [0.2, 0.25) is 0 Å². The first-order chi connectivity index (χ1) is 12.1. The number of rotatable bonds is 8. The lowest BCUT2D eigenvalue weighted by Gasteiger charge is -2.06. The molecule has 0 aliphatic carbocycles. The van der Waals surface area contributed by atoms with Gasteiger partial charge >= 0.3 is 0 Å². The van der Waals surface area contributed by atoms with Crippen LogP contribution in [-0.2, 0) is 11.2 Å². The van der Waals surface area contributed by atoms with Gasteiger partial charge in [0.25, 0.3) is 5.91 Å². The smallest absolute Gasteiger partial charge is 0.277 e. The number of aryl methyl sites for hydroxylation is 1. The lowest BCUT2D eigenvalue weighted by molar-refractivity contribution is -0.123. The van der Waals surface area contributed by atoms with Gasteiger partial charge in [-0.15, -0.1) is 0 Å². The van der Waals surface area contributed by atoms with Crippen molar-refractivity contribution < 1.29 is 9.53 Å². The predicted molar refractivity (Wildman–Crippen MR) is 102 cm³/mol. The Kier molecular flexibility index (Phi) is 7.20. The zero-order chi connectivity index (χ0) is 18.1. The summed E-state index contributed by atoms with van der Waals surface area (Å²) in [5.41, 5.74) is 5.97. The Balaban J connectivity index is 1.76. The lowest BCUT2D eigenvalue weighted by atomic mass is 10.0. The molecule has 2 aromatic carbocycles. The van der Waals surface area contributed by atoms with E-state index in [2.05, 4.69) is 43.4 Å². The molecule has 132 valence electrons. The Labute approximate surface area is 149 Å². The molecule has 1 N–H and O–H groups in total. The van der Waals surface area contributed by atoms with E-state index >= 15 is 0 Å². The van der Waals surface area contributed by atoms with Crippen molar-refractivity contribution in [1.29, 1.82) is 0 Å². The highest BCUT2D eigenvalue weighted by molar-refractivity contribution is 5.82. The molecule has 0 aromatic heterocycles. The highest BCUT2D eigenvalue weighted by Gasteiger charge is 2.02. The molecule has 4 nitrogen and oxygen atoms in total. The molecule has 0 bridgehead atoms.